The van der Waals surface area contributed by atoms with Crippen molar-refractivity contribution in [2.24, 2.45) is 0 Å². The largest absolute Gasteiger partial charge is 0.394 e. The van der Waals surface area contributed by atoms with Crippen molar-refractivity contribution in [3.05, 3.63) is 48.6 Å². The average Bonchev–Trinajstić information content (AvgIpc) is 2.59. The molecule has 14 nitrogen and oxygen atoms in total. The Morgan fingerprint density at radius 2 is 0.759 bits per heavy atom. The Hall–Kier alpha value is -2.05. The van der Waals surface area contributed by atoms with Crippen LogP contribution in [-0.2, 0) is 23.7 Å². The summed E-state index contributed by atoms with van der Waals surface area (Å²) in [5.41, 5.74) is 0. The molecule has 87 heavy (non-hydrogen) atoms. The van der Waals surface area contributed by atoms with Gasteiger partial charge in [0.2, 0.25) is 5.91 Å². The van der Waals surface area contributed by atoms with Crippen LogP contribution < -0.4 is 5.32 Å². The maximum Gasteiger partial charge on any atom is 0.220 e. The summed E-state index contributed by atoms with van der Waals surface area (Å²) >= 11 is 0. The lowest BCUT2D eigenvalue weighted by atomic mass is 9.97. The molecule has 9 N–H and O–H groups in total. The van der Waals surface area contributed by atoms with Gasteiger partial charge in [-0.2, -0.15) is 0 Å². The second-order valence-electron chi connectivity index (χ2n) is 25.7. The number of nitrogens with one attached hydrogen (secondary N) is 1. The summed E-state index contributed by atoms with van der Waals surface area (Å²) in [5, 5.41) is 87.5. The fourth-order valence-electron chi connectivity index (χ4n) is 11.9. The molecule has 0 saturated carbocycles. The van der Waals surface area contributed by atoms with E-state index in [0.29, 0.717) is 6.42 Å². The van der Waals surface area contributed by atoms with Crippen LogP contribution in [0.5, 0.6) is 0 Å². The minimum Gasteiger partial charge on any atom is -0.394 e. The van der Waals surface area contributed by atoms with Crippen LogP contribution >= 0.6 is 0 Å². The van der Waals surface area contributed by atoms with Gasteiger partial charge in [-0.25, -0.2) is 0 Å². The second kappa shape index (κ2) is 57.8. The van der Waals surface area contributed by atoms with Gasteiger partial charge >= 0.3 is 0 Å². The van der Waals surface area contributed by atoms with Crippen molar-refractivity contribution in [2.75, 3.05) is 19.8 Å². The van der Waals surface area contributed by atoms with E-state index in [1.54, 1.807) is 6.08 Å². The number of amides is 1. The quantitative estimate of drug-likeness (QED) is 0.0204. The number of carbonyl (C=O) groups is 1. The third kappa shape index (κ3) is 41.9. The summed E-state index contributed by atoms with van der Waals surface area (Å²) in [6.07, 6.45) is 58.8. The first-order valence-electron chi connectivity index (χ1n) is 36.4. The molecule has 0 bridgehead atoms. The smallest absolute Gasteiger partial charge is 0.220 e. The Morgan fingerprint density at radius 1 is 0.414 bits per heavy atom. The standard InChI is InChI=1S/C73H135NO13/c1-3-5-7-9-11-13-15-17-19-21-23-25-26-27-28-29-30-31-32-33-34-35-36-37-39-41-43-45-47-49-51-53-55-57-65(78)74-61(62(77)56-54-52-50-48-46-44-42-40-38-24-22-20-18-16-14-12-10-8-6-4-2)60-84-72-70(83)68(81)71(64(59-76)86-72)87-73-69(82)67(80)66(79)63(58-75)85-73/h15,17,21,23,26-27,54,56,61-64,66-73,75-77,79-83H,3-14,16,18-20,22,24-25,28-53,55,57-60H2,1-2H3,(H,74,78)/b17-15-,23-21-,27-26-,56-54+. The normalized spacial score (nSPS) is 23.5. The van der Waals surface area contributed by atoms with Crippen LogP contribution in [0.4, 0.5) is 0 Å². The van der Waals surface area contributed by atoms with Crippen LogP contribution in [0, 0.1) is 0 Å². The number of carbonyl (C=O) groups excluding carboxylic acids is 1. The molecule has 2 saturated heterocycles. The van der Waals surface area contributed by atoms with E-state index < -0.39 is 86.8 Å². The first-order chi connectivity index (χ1) is 42.6. The highest BCUT2D eigenvalue weighted by Gasteiger charge is 2.51. The van der Waals surface area contributed by atoms with Gasteiger partial charge in [0.15, 0.2) is 12.6 Å². The monoisotopic (exact) mass is 1230 g/mol. The zero-order chi connectivity index (χ0) is 63.1. The van der Waals surface area contributed by atoms with Crippen molar-refractivity contribution in [3.8, 4) is 0 Å². The van der Waals surface area contributed by atoms with E-state index in [1.165, 1.54) is 238 Å². The van der Waals surface area contributed by atoms with Crippen LogP contribution in [0.3, 0.4) is 0 Å². The van der Waals surface area contributed by atoms with Crippen molar-refractivity contribution in [1.82, 2.24) is 5.32 Å². The Morgan fingerprint density at radius 3 is 1.16 bits per heavy atom. The lowest BCUT2D eigenvalue weighted by Gasteiger charge is -2.46. The molecule has 0 aromatic heterocycles. The second-order valence-corrected chi connectivity index (χ2v) is 25.7. The molecule has 510 valence electrons. The van der Waals surface area contributed by atoms with E-state index in [9.17, 15) is 45.6 Å². The van der Waals surface area contributed by atoms with Gasteiger partial charge in [0, 0.05) is 6.42 Å². The molecule has 0 aromatic rings. The molecule has 0 spiro atoms. The van der Waals surface area contributed by atoms with Crippen molar-refractivity contribution in [3.63, 3.8) is 0 Å². The fourth-order valence-corrected chi connectivity index (χ4v) is 11.9. The molecule has 12 atom stereocenters. The summed E-state index contributed by atoms with van der Waals surface area (Å²) in [4.78, 5) is 13.3. The van der Waals surface area contributed by atoms with Crippen LogP contribution in [0.15, 0.2) is 48.6 Å². The van der Waals surface area contributed by atoms with Crippen molar-refractivity contribution < 1.29 is 64.6 Å². The molecule has 2 rings (SSSR count). The number of unbranched alkanes of at least 4 members (excludes halogenated alkanes) is 41. The molecule has 14 heteroatoms. The van der Waals surface area contributed by atoms with E-state index >= 15 is 0 Å². The minimum absolute atomic E-state index is 0.235. The van der Waals surface area contributed by atoms with Gasteiger partial charge < -0.3 is 65.1 Å². The zero-order valence-electron chi connectivity index (χ0n) is 55.5. The number of aliphatic hydroxyl groups excluding tert-OH is 8. The fraction of sp³-hybridized carbons (Fsp3) is 0.877. The molecule has 2 fully saturated rings. The molecule has 2 aliphatic rings. The Balaban J connectivity index is 1.64. The predicted molar refractivity (Wildman–Crippen MR) is 355 cm³/mol. The molecule has 1 amide bonds. The number of hydrogen-bond donors (Lipinski definition) is 9. The van der Waals surface area contributed by atoms with E-state index in [1.807, 2.05) is 6.08 Å². The first kappa shape index (κ1) is 81.0. The molecule has 0 radical (unpaired) electrons. The van der Waals surface area contributed by atoms with Crippen LogP contribution in [0.2, 0.25) is 0 Å². The van der Waals surface area contributed by atoms with E-state index in [4.69, 9.17) is 18.9 Å². The van der Waals surface area contributed by atoms with Gasteiger partial charge in [-0.3, -0.25) is 4.79 Å². The average molecular weight is 1230 g/mol. The first-order valence-corrected chi connectivity index (χ1v) is 36.4. The van der Waals surface area contributed by atoms with Gasteiger partial charge in [-0.15, -0.1) is 0 Å². The Labute approximate surface area is 531 Å². The van der Waals surface area contributed by atoms with E-state index in [2.05, 4.69) is 55.6 Å². The van der Waals surface area contributed by atoms with Crippen molar-refractivity contribution >= 4 is 5.91 Å². The Bertz CT molecular complexity index is 1640. The third-order valence-corrected chi connectivity index (χ3v) is 17.8. The molecule has 0 aliphatic carbocycles. The minimum atomic E-state index is -1.79. The van der Waals surface area contributed by atoms with Crippen molar-refractivity contribution in [1.29, 1.82) is 0 Å². The lowest BCUT2D eigenvalue weighted by molar-refractivity contribution is -0.359. The number of rotatable bonds is 60. The van der Waals surface area contributed by atoms with E-state index in [0.717, 1.165) is 51.4 Å². The Kier molecular flexibility index (Phi) is 53.9. The number of ether oxygens (including phenoxy) is 4. The van der Waals surface area contributed by atoms with Crippen LogP contribution in [0.1, 0.15) is 316 Å². The molecule has 12 unspecified atom stereocenters. The molecular weight excluding hydrogens is 1100 g/mol. The van der Waals surface area contributed by atoms with Gasteiger partial charge in [-0.1, -0.05) is 300 Å². The lowest BCUT2D eigenvalue weighted by Crippen LogP contribution is -2.65. The highest BCUT2D eigenvalue weighted by atomic mass is 16.7. The highest BCUT2D eigenvalue weighted by Crippen LogP contribution is 2.30. The molecular formula is C73H135NO13. The van der Waals surface area contributed by atoms with Crippen LogP contribution in [0.25, 0.3) is 0 Å². The van der Waals surface area contributed by atoms with Crippen molar-refractivity contribution in [2.45, 2.75) is 389 Å². The summed E-state index contributed by atoms with van der Waals surface area (Å²) in [5.74, 6) is -0.235. The SMILES string of the molecule is CCCCCCC/C=C\C/C=C\C/C=C\CCCCCCCCCCCCCCCCCCCCC(=O)NC(COC1OC(CO)C(OC2OC(CO)C(O)C(O)C2O)C(O)C1O)C(O)/C=C/CCCCCCCCCCCCCCCCCCCC. The summed E-state index contributed by atoms with van der Waals surface area (Å²) < 4.78 is 22.9. The summed E-state index contributed by atoms with van der Waals surface area (Å²) in [6, 6.07) is -0.915. The van der Waals surface area contributed by atoms with Gasteiger partial charge in [0.1, 0.15) is 48.8 Å². The summed E-state index contributed by atoms with van der Waals surface area (Å²) in [6.45, 7) is 2.83. The maximum atomic E-state index is 13.3. The summed E-state index contributed by atoms with van der Waals surface area (Å²) in [7, 11) is 0. The van der Waals surface area contributed by atoms with Gasteiger partial charge in [0.25, 0.3) is 0 Å². The number of aliphatic hydroxyl groups is 8. The molecule has 2 heterocycles. The topological polar surface area (TPSA) is 228 Å². The predicted octanol–water partition coefficient (Wildman–Crippen LogP) is 15.1. The maximum absolute atomic E-state index is 13.3. The van der Waals surface area contributed by atoms with E-state index in [-0.39, 0.29) is 18.9 Å². The highest BCUT2D eigenvalue weighted by molar-refractivity contribution is 5.76. The van der Waals surface area contributed by atoms with Gasteiger partial charge in [-0.05, 0) is 57.8 Å². The molecule has 2 aliphatic heterocycles. The number of hydrogen-bond acceptors (Lipinski definition) is 13. The zero-order valence-corrected chi connectivity index (χ0v) is 55.5. The number of allylic oxidation sites excluding steroid dienone is 7. The third-order valence-electron chi connectivity index (χ3n) is 17.8. The van der Waals surface area contributed by atoms with Gasteiger partial charge in [0.05, 0.1) is 32.0 Å². The van der Waals surface area contributed by atoms with Crippen LogP contribution in [-0.4, -0.2) is 140 Å². The molecule has 0 aromatic carbocycles.